The van der Waals surface area contributed by atoms with Crippen molar-refractivity contribution >= 4 is 11.6 Å². The van der Waals surface area contributed by atoms with Gasteiger partial charge in [-0.25, -0.2) is 4.39 Å². The molecule has 1 heterocycles. The topological polar surface area (TPSA) is 32.3 Å². The lowest BCUT2D eigenvalue weighted by Gasteiger charge is -2.28. The minimum absolute atomic E-state index is 0.190. The normalized spacial score (nSPS) is 14.6. The molecule has 0 bridgehead atoms. The zero-order valence-electron chi connectivity index (χ0n) is 13.1. The molecule has 0 aromatic heterocycles. The van der Waals surface area contributed by atoms with Gasteiger partial charge in [0.1, 0.15) is 5.82 Å². The Kier molecular flexibility index (Phi) is 4.91. The predicted molar refractivity (Wildman–Crippen MR) is 90.1 cm³/mol. The summed E-state index contributed by atoms with van der Waals surface area (Å²) in [5.74, 6) is -0.528. The maximum atomic E-state index is 12.9. The highest BCUT2D eigenvalue weighted by atomic mass is 19.1. The molecule has 1 aliphatic rings. The lowest BCUT2D eigenvalue weighted by Crippen LogP contribution is -2.29. The van der Waals surface area contributed by atoms with Crippen LogP contribution in [-0.4, -0.2) is 19.0 Å². The summed E-state index contributed by atoms with van der Waals surface area (Å²) < 4.78 is 12.9. The van der Waals surface area contributed by atoms with Gasteiger partial charge in [0.15, 0.2) is 0 Å². The Morgan fingerprint density at radius 1 is 0.957 bits per heavy atom. The number of nitrogens with zero attached hydrogens (tertiary/aromatic N) is 1. The molecule has 1 saturated heterocycles. The van der Waals surface area contributed by atoms with Crippen molar-refractivity contribution in [2.24, 2.45) is 0 Å². The van der Waals surface area contributed by atoms with E-state index in [-0.39, 0.29) is 11.7 Å². The highest BCUT2D eigenvalue weighted by Crippen LogP contribution is 2.20. The maximum absolute atomic E-state index is 12.9. The molecule has 1 fully saturated rings. The average molecular weight is 312 g/mol. The third-order valence-electron chi connectivity index (χ3n) is 4.22. The van der Waals surface area contributed by atoms with Gasteiger partial charge in [0, 0.05) is 30.9 Å². The third kappa shape index (κ3) is 4.09. The molecule has 2 aromatic carbocycles. The van der Waals surface area contributed by atoms with Gasteiger partial charge in [-0.3, -0.25) is 4.79 Å². The molecular formula is C19H21FN2O. The van der Waals surface area contributed by atoms with Crippen molar-refractivity contribution in [1.82, 2.24) is 5.32 Å². The molecule has 2 aromatic rings. The summed E-state index contributed by atoms with van der Waals surface area (Å²) in [5, 5.41) is 2.86. The molecular weight excluding hydrogens is 291 g/mol. The van der Waals surface area contributed by atoms with Crippen LogP contribution in [0.5, 0.6) is 0 Å². The van der Waals surface area contributed by atoms with Gasteiger partial charge < -0.3 is 10.2 Å². The number of carbonyl (C=O) groups excluding carboxylic acids is 1. The van der Waals surface area contributed by atoms with Gasteiger partial charge >= 0.3 is 0 Å². The predicted octanol–water partition coefficient (Wildman–Crippen LogP) is 3.75. The van der Waals surface area contributed by atoms with E-state index >= 15 is 0 Å². The fourth-order valence-electron chi connectivity index (χ4n) is 2.86. The second-order valence-corrected chi connectivity index (χ2v) is 5.90. The van der Waals surface area contributed by atoms with Crippen molar-refractivity contribution in [3.05, 3.63) is 65.5 Å². The van der Waals surface area contributed by atoms with Crippen LogP contribution in [-0.2, 0) is 6.54 Å². The van der Waals surface area contributed by atoms with Crippen molar-refractivity contribution in [1.29, 1.82) is 0 Å². The first kappa shape index (κ1) is 15.5. The van der Waals surface area contributed by atoms with E-state index < -0.39 is 0 Å². The number of carbonyl (C=O) groups is 1. The van der Waals surface area contributed by atoms with Crippen LogP contribution in [0.1, 0.15) is 35.2 Å². The summed E-state index contributed by atoms with van der Waals surface area (Å²) in [6.45, 7) is 2.72. The number of anilines is 1. The lowest BCUT2D eigenvalue weighted by molar-refractivity contribution is 0.0951. The number of hydrogen-bond donors (Lipinski definition) is 1. The smallest absolute Gasteiger partial charge is 0.251 e. The summed E-state index contributed by atoms with van der Waals surface area (Å²) in [4.78, 5) is 14.4. The molecule has 3 nitrogen and oxygen atoms in total. The van der Waals surface area contributed by atoms with Crippen molar-refractivity contribution in [3.63, 3.8) is 0 Å². The van der Waals surface area contributed by atoms with Crippen molar-refractivity contribution in [3.8, 4) is 0 Å². The average Bonchev–Trinajstić information content (AvgIpc) is 2.61. The monoisotopic (exact) mass is 312 g/mol. The second-order valence-electron chi connectivity index (χ2n) is 5.90. The molecule has 0 saturated carbocycles. The van der Waals surface area contributed by atoms with E-state index in [2.05, 4.69) is 34.5 Å². The summed E-state index contributed by atoms with van der Waals surface area (Å²) >= 11 is 0. The summed E-state index contributed by atoms with van der Waals surface area (Å²) in [6, 6.07) is 13.9. The SMILES string of the molecule is O=C(NCc1ccc(N2CCCCC2)cc1)c1ccc(F)cc1. The minimum Gasteiger partial charge on any atom is -0.372 e. The number of nitrogens with one attached hydrogen (secondary N) is 1. The van der Waals surface area contributed by atoms with Crippen LogP contribution < -0.4 is 10.2 Å². The van der Waals surface area contributed by atoms with E-state index in [9.17, 15) is 9.18 Å². The Hall–Kier alpha value is -2.36. The third-order valence-corrected chi connectivity index (χ3v) is 4.22. The maximum Gasteiger partial charge on any atom is 0.251 e. The number of rotatable bonds is 4. The van der Waals surface area contributed by atoms with Gasteiger partial charge in [-0.2, -0.15) is 0 Å². The van der Waals surface area contributed by atoms with Crippen molar-refractivity contribution in [2.45, 2.75) is 25.8 Å². The fourth-order valence-corrected chi connectivity index (χ4v) is 2.86. The van der Waals surface area contributed by atoms with E-state index in [1.807, 2.05) is 0 Å². The Bertz CT molecular complexity index is 646. The van der Waals surface area contributed by atoms with E-state index in [0.717, 1.165) is 18.7 Å². The molecule has 3 rings (SSSR count). The Morgan fingerprint density at radius 2 is 1.61 bits per heavy atom. The molecule has 23 heavy (non-hydrogen) atoms. The molecule has 120 valence electrons. The van der Waals surface area contributed by atoms with Crippen LogP contribution in [0.15, 0.2) is 48.5 Å². The van der Waals surface area contributed by atoms with Gasteiger partial charge in [-0.1, -0.05) is 12.1 Å². The zero-order chi connectivity index (χ0) is 16.1. The zero-order valence-corrected chi connectivity index (χ0v) is 13.1. The first-order chi connectivity index (χ1) is 11.2. The largest absolute Gasteiger partial charge is 0.372 e. The molecule has 0 radical (unpaired) electrons. The van der Waals surface area contributed by atoms with Gasteiger partial charge in [-0.05, 0) is 61.2 Å². The van der Waals surface area contributed by atoms with Crippen LogP contribution in [0.2, 0.25) is 0 Å². The van der Waals surface area contributed by atoms with Gasteiger partial charge in [-0.15, -0.1) is 0 Å². The molecule has 0 atom stereocenters. The first-order valence-corrected chi connectivity index (χ1v) is 8.10. The standard InChI is InChI=1S/C19H21FN2O/c20-17-8-6-16(7-9-17)19(23)21-14-15-4-10-18(11-5-15)22-12-2-1-3-13-22/h4-11H,1-3,12-14H2,(H,21,23). The molecule has 0 aliphatic carbocycles. The van der Waals surface area contributed by atoms with Crippen LogP contribution >= 0.6 is 0 Å². The van der Waals surface area contributed by atoms with Crippen LogP contribution in [0.3, 0.4) is 0 Å². The second kappa shape index (κ2) is 7.27. The molecule has 1 amide bonds. The van der Waals surface area contributed by atoms with Crippen molar-refractivity contribution < 1.29 is 9.18 Å². The molecule has 1 N–H and O–H groups in total. The Morgan fingerprint density at radius 3 is 2.26 bits per heavy atom. The quantitative estimate of drug-likeness (QED) is 0.932. The molecule has 0 unspecified atom stereocenters. The molecule has 4 heteroatoms. The number of hydrogen-bond acceptors (Lipinski definition) is 2. The van der Waals surface area contributed by atoms with Gasteiger partial charge in [0.25, 0.3) is 5.91 Å². The Labute approximate surface area is 136 Å². The van der Waals surface area contributed by atoms with E-state index in [1.54, 1.807) is 0 Å². The first-order valence-electron chi connectivity index (χ1n) is 8.10. The summed E-state index contributed by atoms with van der Waals surface area (Å²) in [5.41, 5.74) is 2.77. The van der Waals surface area contributed by atoms with E-state index in [1.165, 1.54) is 49.2 Å². The van der Waals surface area contributed by atoms with Crippen LogP contribution in [0, 0.1) is 5.82 Å². The summed E-state index contributed by atoms with van der Waals surface area (Å²) in [6.07, 6.45) is 3.84. The van der Waals surface area contributed by atoms with Crippen molar-refractivity contribution in [2.75, 3.05) is 18.0 Å². The number of benzene rings is 2. The lowest BCUT2D eigenvalue weighted by atomic mass is 10.1. The van der Waals surface area contributed by atoms with Crippen LogP contribution in [0.25, 0.3) is 0 Å². The number of halogens is 1. The minimum atomic E-state index is -0.338. The van der Waals surface area contributed by atoms with Crippen LogP contribution in [0.4, 0.5) is 10.1 Å². The highest BCUT2D eigenvalue weighted by Gasteiger charge is 2.10. The van der Waals surface area contributed by atoms with Gasteiger partial charge in [0.2, 0.25) is 0 Å². The molecule has 1 aliphatic heterocycles. The van der Waals surface area contributed by atoms with E-state index in [4.69, 9.17) is 0 Å². The summed E-state index contributed by atoms with van der Waals surface area (Å²) in [7, 11) is 0. The number of amides is 1. The Balaban J connectivity index is 1.55. The molecule has 0 spiro atoms. The van der Waals surface area contributed by atoms with E-state index in [0.29, 0.717) is 12.1 Å². The number of piperidine rings is 1. The fraction of sp³-hybridized carbons (Fsp3) is 0.316. The van der Waals surface area contributed by atoms with Gasteiger partial charge in [0.05, 0.1) is 0 Å². The highest BCUT2D eigenvalue weighted by molar-refractivity contribution is 5.94.